The number of nitrogens with one attached hydrogen (secondary N) is 1. The molecule has 198 valence electrons. The fourth-order valence-corrected chi connectivity index (χ4v) is 2.93. The molecule has 14 heteroatoms. The smallest absolute Gasteiger partial charge is 0.485 e. The highest BCUT2D eigenvalue weighted by atomic mass is 35.5. The lowest BCUT2D eigenvalue weighted by Gasteiger charge is -2.18. The first-order valence-electron chi connectivity index (χ1n) is 10.4. The number of carboxylic acids is 1. The van der Waals surface area contributed by atoms with Gasteiger partial charge in [-0.1, -0.05) is 23.8 Å². The van der Waals surface area contributed by atoms with Crippen LogP contribution in [0.25, 0.3) is 6.08 Å². The molecule has 0 bridgehead atoms. The number of aromatic nitrogens is 1. The largest absolute Gasteiger partial charge is 0.490 e. The number of carboxylic acid groups (broad SMARTS) is 1. The molecule has 0 aromatic carbocycles. The van der Waals surface area contributed by atoms with Gasteiger partial charge in [-0.2, -0.15) is 26.3 Å². The van der Waals surface area contributed by atoms with Gasteiger partial charge in [0.15, 0.2) is 10.9 Å². The second-order valence-electron chi connectivity index (χ2n) is 7.67. The zero-order valence-corrected chi connectivity index (χ0v) is 19.7. The second-order valence-corrected chi connectivity index (χ2v) is 8.03. The van der Waals surface area contributed by atoms with E-state index in [0.717, 1.165) is 12.0 Å². The van der Waals surface area contributed by atoms with Crippen LogP contribution < -0.4 is 10.1 Å². The van der Waals surface area contributed by atoms with Gasteiger partial charge in [-0.3, -0.25) is 4.79 Å². The van der Waals surface area contributed by atoms with E-state index in [9.17, 15) is 31.1 Å². The van der Waals surface area contributed by atoms with Crippen molar-refractivity contribution < 1.29 is 45.8 Å². The zero-order chi connectivity index (χ0) is 26.8. The number of hydrogen-bond donors (Lipinski definition) is 2. The summed E-state index contributed by atoms with van der Waals surface area (Å²) in [5.74, 6) is -2.87. The molecule has 2 N–H and O–H groups in total. The van der Waals surface area contributed by atoms with E-state index in [1.807, 2.05) is 19.2 Å². The summed E-state index contributed by atoms with van der Waals surface area (Å²) >= 11 is 6.10. The van der Waals surface area contributed by atoms with E-state index in [2.05, 4.69) is 17.2 Å². The van der Waals surface area contributed by atoms with Crippen LogP contribution >= 0.6 is 11.6 Å². The average Bonchev–Trinajstić information content (AvgIpc) is 3.22. The SMILES string of the molecule is CN[C@@H](C)C/C=C/c1cnc(Cl)c(O[C@@H]2CCN(C(=O)CCC(F)(F)F)C2)c1.O=C(O)C(F)(F)F. The molecule has 1 fully saturated rings. The molecule has 0 saturated carbocycles. The number of pyridine rings is 1. The molecule has 1 aromatic heterocycles. The fraction of sp³-hybridized carbons (Fsp3) is 0.571. The maximum Gasteiger partial charge on any atom is 0.490 e. The number of alkyl halides is 6. The minimum atomic E-state index is -5.08. The van der Waals surface area contributed by atoms with E-state index in [1.165, 1.54) is 4.90 Å². The monoisotopic (exact) mass is 533 g/mol. The minimum absolute atomic E-state index is 0.211. The predicted octanol–water partition coefficient (Wildman–Crippen LogP) is 4.70. The third kappa shape index (κ3) is 12.1. The maximum absolute atomic E-state index is 12.3. The van der Waals surface area contributed by atoms with Gasteiger partial charge in [0, 0.05) is 31.6 Å². The number of halogens is 7. The van der Waals surface area contributed by atoms with Crippen molar-refractivity contribution in [2.24, 2.45) is 0 Å². The van der Waals surface area contributed by atoms with E-state index >= 15 is 0 Å². The first-order chi connectivity index (χ1) is 16.1. The lowest BCUT2D eigenvalue weighted by molar-refractivity contribution is -0.192. The van der Waals surface area contributed by atoms with Crippen molar-refractivity contribution in [3.8, 4) is 5.75 Å². The van der Waals surface area contributed by atoms with E-state index in [1.54, 1.807) is 12.3 Å². The molecular weight excluding hydrogens is 508 g/mol. The van der Waals surface area contributed by atoms with Crippen LogP contribution in [0.2, 0.25) is 5.15 Å². The molecule has 0 unspecified atom stereocenters. The molecule has 2 atom stereocenters. The number of ether oxygens (including phenoxy) is 1. The quantitative estimate of drug-likeness (QED) is 0.372. The van der Waals surface area contributed by atoms with E-state index < -0.39 is 37.1 Å². The summed E-state index contributed by atoms with van der Waals surface area (Å²) in [6.07, 6.45) is -4.41. The molecule has 2 heterocycles. The Morgan fingerprint density at radius 2 is 1.97 bits per heavy atom. The van der Waals surface area contributed by atoms with Crippen LogP contribution in [0.15, 0.2) is 18.3 Å². The number of carbonyl (C=O) groups is 2. The van der Waals surface area contributed by atoms with Crippen LogP contribution in [0.4, 0.5) is 26.3 Å². The van der Waals surface area contributed by atoms with Gasteiger partial charge in [-0.25, -0.2) is 9.78 Å². The molecule has 1 amide bonds. The Labute approximate surface area is 203 Å². The fourth-order valence-electron chi connectivity index (χ4n) is 2.78. The summed E-state index contributed by atoms with van der Waals surface area (Å²) in [5, 5.41) is 10.5. The molecule has 1 aromatic rings. The minimum Gasteiger partial charge on any atom is -0.485 e. The van der Waals surface area contributed by atoms with Crippen LogP contribution in [0.1, 0.15) is 38.2 Å². The van der Waals surface area contributed by atoms with Crippen molar-refractivity contribution >= 4 is 29.6 Å². The highest BCUT2D eigenvalue weighted by molar-refractivity contribution is 6.30. The summed E-state index contributed by atoms with van der Waals surface area (Å²) < 4.78 is 74.4. The van der Waals surface area contributed by atoms with Crippen molar-refractivity contribution in [1.29, 1.82) is 0 Å². The number of likely N-dealkylation sites (tertiary alicyclic amines) is 1. The van der Waals surface area contributed by atoms with Crippen molar-refractivity contribution in [2.75, 3.05) is 20.1 Å². The average molecular weight is 534 g/mol. The first kappa shape index (κ1) is 30.5. The van der Waals surface area contributed by atoms with Gasteiger partial charge in [-0.05, 0) is 32.0 Å². The molecule has 1 aliphatic heterocycles. The molecule has 7 nitrogen and oxygen atoms in total. The Balaban J connectivity index is 0.000000762. The molecular formula is C21H26ClF6N3O4. The molecule has 35 heavy (non-hydrogen) atoms. The highest BCUT2D eigenvalue weighted by Gasteiger charge is 2.38. The number of nitrogens with zero attached hydrogens (tertiary/aromatic N) is 2. The predicted molar refractivity (Wildman–Crippen MR) is 116 cm³/mol. The zero-order valence-electron chi connectivity index (χ0n) is 18.9. The molecule has 0 aliphatic carbocycles. The van der Waals surface area contributed by atoms with Gasteiger partial charge in [0.05, 0.1) is 13.0 Å². The summed E-state index contributed by atoms with van der Waals surface area (Å²) in [4.78, 5) is 26.3. The van der Waals surface area contributed by atoms with Crippen LogP contribution in [-0.2, 0) is 9.59 Å². The van der Waals surface area contributed by atoms with Crippen molar-refractivity contribution in [2.45, 2.75) is 57.1 Å². The summed E-state index contributed by atoms with van der Waals surface area (Å²) in [7, 11) is 1.90. The number of rotatable bonds is 8. The van der Waals surface area contributed by atoms with Gasteiger partial charge in [0.25, 0.3) is 0 Å². The number of carbonyl (C=O) groups excluding carboxylic acids is 1. The van der Waals surface area contributed by atoms with Crippen molar-refractivity contribution in [3.05, 3.63) is 29.1 Å². The Morgan fingerprint density at radius 3 is 2.51 bits per heavy atom. The Morgan fingerprint density at radius 1 is 1.34 bits per heavy atom. The van der Waals surface area contributed by atoms with Crippen LogP contribution in [0.3, 0.4) is 0 Å². The molecule has 0 spiro atoms. The number of hydrogen-bond acceptors (Lipinski definition) is 5. The van der Waals surface area contributed by atoms with Gasteiger partial charge in [-0.15, -0.1) is 0 Å². The second kappa shape index (κ2) is 13.5. The Hall–Kier alpha value is -2.54. The van der Waals surface area contributed by atoms with Gasteiger partial charge < -0.3 is 20.1 Å². The Bertz CT molecular complexity index is 880. The third-order valence-corrected chi connectivity index (χ3v) is 5.06. The van der Waals surface area contributed by atoms with E-state index in [0.29, 0.717) is 24.8 Å². The first-order valence-corrected chi connectivity index (χ1v) is 10.8. The standard InChI is InChI=1S/C19H25ClF3N3O2.C2HF3O2/c1-13(24-2)4-3-5-14-10-16(18(20)25-11-14)28-15-7-9-26(12-15)17(27)6-8-19(21,22)23;3-2(4,5)1(6)7/h3,5,10-11,13,15,24H,4,6-9,12H2,1-2H3;(H,6,7)/b5-3+;/t13-,15+;/m0./s1. The maximum atomic E-state index is 12.3. The highest BCUT2D eigenvalue weighted by Crippen LogP contribution is 2.28. The number of amides is 1. The van der Waals surface area contributed by atoms with Crippen LogP contribution in [0, 0.1) is 0 Å². The van der Waals surface area contributed by atoms with E-state index in [-0.39, 0.29) is 17.8 Å². The van der Waals surface area contributed by atoms with Gasteiger partial charge in [0.2, 0.25) is 5.91 Å². The summed E-state index contributed by atoms with van der Waals surface area (Å²) in [6.45, 7) is 2.68. The number of aliphatic carboxylic acids is 1. The molecule has 2 rings (SSSR count). The topological polar surface area (TPSA) is 91.8 Å². The normalized spacial score (nSPS) is 17.2. The molecule has 1 aliphatic rings. The third-order valence-electron chi connectivity index (χ3n) is 4.78. The van der Waals surface area contributed by atoms with Crippen molar-refractivity contribution in [1.82, 2.24) is 15.2 Å². The van der Waals surface area contributed by atoms with Gasteiger partial charge in [0.1, 0.15) is 6.10 Å². The molecule has 0 radical (unpaired) electrons. The lowest BCUT2D eigenvalue weighted by Crippen LogP contribution is -2.31. The van der Waals surface area contributed by atoms with E-state index in [4.69, 9.17) is 26.2 Å². The molecule has 1 saturated heterocycles. The van der Waals surface area contributed by atoms with Crippen LogP contribution in [-0.4, -0.2) is 71.5 Å². The summed E-state index contributed by atoms with van der Waals surface area (Å²) in [5.41, 5.74) is 0.832. The summed E-state index contributed by atoms with van der Waals surface area (Å²) in [6, 6.07) is 2.12. The van der Waals surface area contributed by atoms with Gasteiger partial charge >= 0.3 is 18.3 Å². The lowest BCUT2D eigenvalue weighted by atomic mass is 10.2. The Kier molecular flexibility index (Phi) is 11.8. The van der Waals surface area contributed by atoms with Crippen LogP contribution in [0.5, 0.6) is 5.75 Å². The van der Waals surface area contributed by atoms with Crippen molar-refractivity contribution in [3.63, 3.8) is 0 Å².